The topological polar surface area (TPSA) is 77.1 Å². The number of nitro benzene ring substituents is 1. The summed E-state index contributed by atoms with van der Waals surface area (Å²) < 4.78 is 78.4. The van der Waals surface area contributed by atoms with Gasteiger partial charge in [-0.05, 0) is 12.1 Å². The van der Waals surface area contributed by atoms with Crippen molar-refractivity contribution in [2.45, 2.75) is 25.4 Å². The van der Waals surface area contributed by atoms with Crippen LogP contribution in [0.25, 0.3) is 0 Å². The summed E-state index contributed by atoms with van der Waals surface area (Å²) in [5.74, 6) is -1.23. The zero-order valence-corrected chi connectivity index (χ0v) is 12.7. The maximum Gasteiger partial charge on any atom is 0.451 e. The van der Waals surface area contributed by atoms with Gasteiger partial charge < -0.3 is 9.47 Å². The van der Waals surface area contributed by atoms with Crippen molar-refractivity contribution < 1.29 is 31.3 Å². The average molecular weight is 381 g/mol. The molecule has 0 aliphatic carbocycles. The molecule has 1 aliphatic rings. The Morgan fingerprint density at radius 1 is 1.04 bits per heavy atom. The summed E-state index contributed by atoms with van der Waals surface area (Å²) in [5.41, 5.74) is -2.53. The van der Waals surface area contributed by atoms with Crippen molar-refractivity contribution in [1.82, 2.24) is 14.8 Å². The molecule has 0 fully saturated rings. The quantitative estimate of drug-likeness (QED) is 0.454. The van der Waals surface area contributed by atoms with Gasteiger partial charge >= 0.3 is 12.4 Å². The number of rotatable bonds is 2. The van der Waals surface area contributed by atoms with Gasteiger partial charge in [0.15, 0.2) is 5.82 Å². The molecule has 1 aliphatic heterocycles. The first-order chi connectivity index (χ1) is 12.0. The number of aromatic nitrogens is 3. The number of anilines is 1. The van der Waals surface area contributed by atoms with Gasteiger partial charge in [0.2, 0.25) is 5.82 Å². The smallest absolute Gasteiger partial charge is 0.362 e. The van der Waals surface area contributed by atoms with Crippen LogP contribution in [-0.4, -0.2) is 26.2 Å². The van der Waals surface area contributed by atoms with Crippen LogP contribution in [0.1, 0.15) is 17.2 Å². The summed E-state index contributed by atoms with van der Waals surface area (Å²) in [6.45, 7) is -0.434. The van der Waals surface area contributed by atoms with Gasteiger partial charge in [-0.15, -0.1) is 10.2 Å². The van der Waals surface area contributed by atoms with Crippen molar-refractivity contribution in [3.8, 4) is 0 Å². The van der Waals surface area contributed by atoms with E-state index in [1.165, 1.54) is 4.90 Å². The molecule has 0 unspecified atom stereocenters. The van der Waals surface area contributed by atoms with E-state index >= 15 is 0 Å². The number of hydrogen-bond acceptors (Lipinski definition) is 5. The lowest BCUT2D eigenvalue weighted by atomic mass is 10.1. The molecule has 0 bridgehead atoms. The zero-order chi connectivity index (χ0) is 19.3. The molecule has 3 rings (SSSR count). The predicted octanol–water partition coefficient (Wildman–Crippen LogP) is 3.24. The molecule has 0 atom stereocenters. The van der Waals surface area contributed by atoms with E-state index in [1.54, 1.807) is 0 Å². The molecular weight excluding hydrogens is 372 g/mol. The molecule has 0 saturated heterocycles. The SMILES string of the molecule is O=[N+]([O-])c1ccc(N2CCn3c(nnc3C(F)(F)F)C2)cc1C(F)(F)F. The summed E-state index contributed by atoms with van der Waals surface area (Å²) in [4.78, 5) is 11.0. The second-order valence-corrected chi connectivity index (χ2v) is 5.47. The molecule has 13 heteroatoms. The molecule has 0 amide bonds. The zero-order valence-electron chi connectivity index (χ0n) is 12.7. The maximum atomic E-state index is 13.1. The Morgan fingerprint density at radius 2 is 1.73 bits per heavy atom. The summed E-state index contributed by atoms with van der Waals surface area (Å²) in [6, 6.07) is 2.44. The minimum absolute atomic E-state index is 0.00858. The highest BCUT2D eigenvalue weighted by atomic mass is 19.4. The number of benzene rings is 1. The van der Waals surface area contributed by atoms with Crippen LogP contribution in [-0.2, 0) is 25.4 Å². The monoisotopic (exact) mass is 381 g/mol. The lowest BCUT2D eigenvalue weighted by Crippen LogP contribution is -2.35. The minimum Gasteiger partial charge on any atom is -0.362 e. The van der Waals surface area contributed by atoms with Crippen LogP contribution in [0.5, 0.6) is 0 Å². The Bertz CT molecular complexity index is 860. The molecule has 2 aromatic rings. The molecule has 0 radical (unpaired) electrons. The van der Waals surface area contributed by atoms with Gasteiger partial charge in [-0.1, -0.05) is 0 Å². The third-order valence-corrected chi connectivity index (χ3v) is 3.85. The number of nitrogens with zero attached hydrogens (tertiary/aromatic N) is 5. The van der Waals surface area contributed by atoms with Crippen LogP contribution < -0.4 is 4.90 Å². The molecule has 0 spiro atoms. The van der Waals surface area contributed by atoms with Crippen LogP contribution in [0, 0.1) is 10.1 Å². The summed E-state index contributed by atoms with van der Waals surface area (Å²) in [6.07, 6.45) is -9.64. The molecule has 7 nitrogen and oxygen atoms in total. The molecule has 1 aromatic carbocycles. The predicted molar refractivity (Wildman–Crippen MR) is 74.2 cm³/mol. The first kappa shape index (κ1) is 17.9. The molecular formula is C13H9F6N5O2. The number of halogens is 6. The molecule has 2 heterocycles. The van der Waals surface area contributed by atoms with E-state index < -0.39 is 34.4 Å². The van der Waals surface area contributed by atoms with Crippen molar-refractivity contribution in [1.29, 1.82) is 0 Å². The van der Waals surface area contributed by atoms with Gasteiger partial charge in [0.25, 0.3) is 5.69 Å². The summed E-state index contributed by atoms with van der Waals surface area (Å²) >= 11 is 0. The molecule has 26 heavy (non-hydrogen) atoms. The normalized spacial score (nSPS) is 15.1. The first-order valence-electron chi connectivity index (χ1n) is 7.08. The second-order valence-electron chi connectivity index (χ2n) is 5.47. The molecule has 0 saturated carbocycles. The van der Waals surface area contributed by atoms with Crippen LogP contribution in [0.4, 0.5) is 37.7 Å². The van der Waals surface area contributed by atoms with Crippen LogP contribution in [0.2, 0.25) is 0 Å². The van der Waals surface area contributed by atoms with Crippen molar-refractivity contribution in [2.75, 3.05) is 11.4 Å². The average Bonchev–Trinajstić information content (AvgIpc) is 2.96. The highest BCUT2D eigenvalue weighted by Crippen LogP contribution is 2.39. The Hall–Kier alpha value is -2.86. The third kappa shape index (κ3) is 3.15. The largest absolute Gasteiger partial charge is 0.451 e. The highest BCUT2D eigenvalue weighted by Gasteiger charge is 2.41. The number of hydrogen-bond donors (Lipinski definition) is 0. The van der Waals surface area contributed by atoms with E-state index in [4.69, 9.17) is 0 Å². The number of nitro groups is 1. The second kappa shape index (κ2) is 5.85. The van der Waals surface area contributed by atoms with Gasteiger partial charge in [0.1, 0.15) is 5.56 Å². The Labute approximate surface area is 141 Å². The summed E-state index contributed by atoms with van der Waals surface area (Å²) in [5, 5.41) is 17.3. The Balaban J connectivity index is 1.94. The number of alkyl halides is 6. The maximum absolute atomic E-state index is 13.1. The lowest BCUT2D eigenvalue weighted by Gasteiger charge is -2.30. The molecule has 0 N–H and O–H groups in total. The van der Waals surface area contributed by atoms with Crippen molar-refractivity contribution in [3.63, 3.8) is 0 Å². The standard InChI is InChI=1S/C13H9F6N5O2/c14-12(15,16)8-5-7(1-2-9(8)24(25)26)22-3-4-23-10(6-22)20-21-11(23)13(17,18)19/h1-2,5H,3-4,6H2. The van der Waals surface area contributed by atoms with E-state index in [9.17, 15) is 36.5 Å². The van der Waals surface area contributed by atoms with E-state index in [0.717, 1.165) is 16.7 Å². The minimum atomic E-state index is -4.95. The third-order valence-electron chi connectivity index (χ3n) is 3.85. The first-order valence-corrected chi connectivity index (χ1v) is 7.08. The van der Waals surface area contributed by atoms with Gasteiger partial charge in [0, 0.05) is 24.8 Å². The van der Waals surface area contributed by atoms with Crippen LogP contribution in [0.3, 0.4) is 0 Å². The van der Waals surface area contributed by atoms with Gasteiger partial charge in [0.05, 0.1) is 11.5 Å². The Kier molecular flexibility index (Phi) is 4.04. The molecule has 140 valence electrons. The highest BCUT2D eigenvalue weighted by molar-refractivity contribution is 5.57. The fourth-order valence-electron chi connectivity index (χ4n) is 2.69. The van der Waals surface area contributed by atoms with Gasteiger partial charge in [-0.25, -0.2) is 0 Å². The van der Waals surface area contributed by atoms with Gasteiger partial charge in [-0.2, -0.15) is 26.3 Å². The molecule has 1 aromatic heterocycles. The fraction of sp³-hybridized carbons (Fsp3) is 0.385. The van der Waals surface area contributed by atoms with Gasteiger partial charge in [-0.3, -0.25) is 10.1 Å². The van der Waals surface area contributed by atoms with Crippen molar-refractivity contribution in [3.05, 3.63) is 45.5 Å². The fourth-order valence-corrected chi connectivity index (χ4v) is 2.69. The van der Waals surface area contributed by atoms with E-state index in [-0.39, 0.29) is 31.1 Å². The van der Waals surface area contributed by atoms with Crippen molar-refractivity contribution >= 4 is 11.4 Å². The van der Waals surface area contributed by atoms with E-state index in [2.05, 4.69) is 10.2 Å². The number of fused-ring (bicyclic) bond motifs is 1. The van der Waals surface area contributed by atoms with Crippen LogP contribution in [0.15, 0.2) is 18.2 Å². The Morgan fingerprint density at radius 3 is 2.31 bits per heavy atom. The van der Waals surface area contributed by atoms with E-state index in [1.807, 2.05) is 0 Å². The van der Waals surface area contributed by atoms with E-state index in [0.29, 0.717) is 6.07 Å². The lowest BCUT2D eigenvalue weighted by molar-refractivity contribution is -0.388. The van der Waals surface area contributed by atoms with Crippen LogP contribution >= 0.6 is 0 Å². The van der Waals surface area contributed by atoms with Crippen molar-refractivity contribution in [2.24, 2.45) is 0 Å². The summed E-state index contributed by atoms with van der Waals surface area (Å²) in [7, 11) is 0.